The first-order valence-corrected chi connectivity index (χ1v) is 11.8. The largest absolute Gasteiger partial charge is 4.00 e. The molecule has 0 aliphatic heterocycles. The third kappa shape index (κ3) is 7.40. The Morgan fingerprint density at radius 3 is 1.59 bits per heavy atom. The van der Waals surface area contributed by atoms with Crippen molar-refractivity contribution >= 4 is 21.5 Å². The van der Waals surface area contributed by atoms with Crippen LogP contribution in [0.1, 0.15) is 52.7 Å². The molecule has 0 aromatic heterocycles. The Bertz CT molecular complexity index is 1370. The minimum absolute atomic E-state index is 0. The van der Waals surface area contributed by atoms with Gasteiger partial charge in [0, 0.05) is 0 Å². The van der Waals surface area contributed by atoms with E-state index >= 15 is 0 Å². The Labute approximate surface area is 250 Å². The van der Waals surface area contributed by atoms with Gasteiger partial charge in [-0.3, -0.25) is 0 Å². The van der Waals surface area contributed by atoms with E-state index in [9.17, 15) is 8.78 Å². The van der Waals surface area contributed by atoms with Gasteiger partial charge in [0.05, 0.1) is 0 Å². The minimum atomic E-state index is -0.807. The maximum absolute atomic E-state index is 13.2. The molecule has 0 amide bonds. The number of rotatable bonds is 1. The molecule has 5 rings (SSSR count). The third-order valence-electron chi connectivity index (χ3n) is 6.36. The fourth-order valence-electron chi connectivity index (χ4n) is 4.24. The number of hydrogen-bond donors (Lipinski definition) is 0. The van der Waals surface area contributed by atoms with Crippen LogP contribution in [0.4, 0.5) is 8.78 Å². The summed E-state index contributed by atoms with van der Waals surface area (Å²) in [5, 5.41) is 5.48. The molecule has 0 N–H and O–H groups in total. The van der Waals surface area contributed by atoms with E-state index in [2.05, 4.69) is 84.0 Å². The van der Waals surface area contributed by atoms with Crippen molar-refractivity contribution in [3.8, 4) is 11.1 Å². The number of hydrogen-bond acceptors (Lipinski definition) is 0. The van der Waals surface area contributed by atoms with Crippen LogP contribution >= 0.6 is 0 Å². The van der Waals surface area contributed by atoms with Crippen LogP contribution in [0.3, 0.4) is 0 Å². The molecular formula is C32H32Cl2F2Hf. The predicted molar refractivity (Wildman–Crippen MR) is 142 cm³/mol. The molecule has 0 saturated carbocycles. The Kier molecular flexibility index (Phi) is 11.5. The van der Waals surface area contributed by atoms with Gasteiger partial charge in [-0.15, -0.1) is 51.4 Å². The summed E-state index contributed by atoms with van der Waals surface area (Å²) >= 11 is 0. The quantitative estimate of drug-likeness (QED) is 0.185. The molecular weight excluding hydrogens is 672 g/mol. The summed E-state index contributed by atoms with van der Waals surface area (Å²) in [6.07, 6.45) is 0. The van der Waals surface area contributed by atoms with Gasteiger partial charge in [-0.25, -0.2) is 8.78 Å². The monoisotopic (exact) mass is 704 g/mol. The molecule has 37 heavy (non-hydrogen) atoms. The van der Waals surface area contributed by atoms with Crippen LogP contribution in [0.2, 0.25) is 0 Å². The summed E-state index contributed by atoms with van der Waals surface area (Å²) in [5.74, 6) is -1.59. The Balaban J connectivity index is 0.000000374. The van der Waals surface area contributed by atoms with E-state index in [1.807, 2.05) is 0 Å². The molecule has 0 aliphatic carbocycles. The predicted octanol–water partition coefficient (Wildman–Crippen LogP) is 3.66. The van der Waals surface area contributed by atoms with E-state index in [-0.39, 0.29) is 61.5 Å². The van der Waals surface area contributed by atoms with Crippen LogP contribution < -0.4 is 24.8 Å². The summed E-state index contributed by atoms with van der Waals surface area (Å²) in [7, 11) is 0. The summed E-state index contributed by atoms with van der Waals surface area (Å²) in [6.45, 7) is 13.6. The van der Waals surface area contributed by atoms with Gasteiger partial charge < -0.3 is 24.8 Å². The van der Waals surface area contributed by atoms with Crippen molar-refractivity contribution in [3.05, 3.63) is 108 Å². The molecule has 0 aliphatic rings. The standard InChI is InChI=1S/C21H25.C11H7F2.2ClH.Hf/c1-20(2,3)16-7-9-18-14(12-16)11-15-13-17(21(4,5)6)8-10-19(15)18;12-10-7-3-6-9(11(10)13)8-4-1-2-5-8;;;/h7-13H,1-6H3;1-7H;2*1H;/q2*-1;;;+4/p-2. The van der Waals surface area contributed by atoms with Crippen LogP contribution in [0.25, 0.3) is 32.7 Å². The average Bonchev–Trinajstić information content (AvgIpc) is 3.42. The first kappa shape index (κ1) is 33.2. The van der Waals surface area contributed by atoms with Gasteiger partial charge >= 0.3 is 25.8 Å². The van der Waals surface area contributed by atoms with Gasteiger partial charge in [0.1, 0.15) is 11.6 Å². The number of fused-ring (bicyclic) bond motifs is 3. The zero-order valence-corrected chi connectivity index (χ0v) is 27.2. The molecule has 0 saturated heterocycles. The van der Waals surface area contributed by atoms with Crippen molar-refractivity contribution < 1.29 is 59.4 Å². The zero-order chi connectivity index (χ0) is 24.7. The Hall–Kier alpha value is -1.81. The van der Waals surface area contributed by atoms with Crippen LogP contribution in [0, 0.1) is 11.6 Å². The zero-order valence-electron chi connectivity index (χ0n) is 22.1. The summed E-state index contributed by atoms with van der Waals surface area (Å²) < 4.78 is 26.0. The second-order valence-electron chi connectivity index (χ2n) is 11.0. The van der Waals surface area contributed by atoms with Gasteiger partial charge in [0.2, 0.25) is 0 Å². The van der Waals surface area contributed by atoms with Crippen molar-refractivity contribution in [2.24, 2.45) is 0 Å². The van der Waals surface area contributed by atoms with E-state index in [4.69, 9.17) is 0 Å². The first-order valence-electron chi connectivity index (χ1n) is 11.8. The topological polar surface area (TPSA) is 0 Å². The molecule has 192 valence electrons. The second kappa shape index (κ2) is 12.8. The molecule has 5 aromatic carbocycles. The summed E-state index contributed by atoms with van der Waals surface area (Å²) in [5.41, 5.74) is 4.23. The van der Waals surface area contributed by atoms with Crippen molar-refractivity contribution in [2.45, 2.75) is 52.4 Å². The minimum Gasteiger partial charge on any atom is -1.00 e. The van der Waals surface area contributed by atoms with Crippen LogP contribution in [-0.4, -0.2) is 0 Å². The van der Waals surface area contributed by atoms with Crippen LogP contribution in [0.5, 0.6) is 0 Å². The second-order valence-corrected chi connectivity index (χ2v) is 11.0. The van der Waals surface area contributed by atoms with Gasteiger partial charge in [0.25, 0.3) is 0 Å². The van der Waals surface area contributed by atoms with E-state index in [0.29, 0.717) is 11.1 Å². The Morgan fingerprint density at radius 2 is 1.16 bits per heavy atom. The summed E-state index contributed by atoms with van der Waals surface area (Å²) in [4.78, 5) is 0. The van der Waals surface area contributed by atoms with E-state index in [0.717, 1.165) is 6.07 Å². The molecule has 0 bridgehead atoms. The van der Waals surface area contributed by atoms with Gasteiger partial charge in [0.15, 0.2) is 0 Å². The van der Waals surface area contributed by atoms with Crippen molar-refractivity contribution in [3.63, 3.8) is 0 Å². The van der Waals surface area contributed by atoms with Crippen LogP contribution in [-0.2, 0) is 36.7 Å². The molecule has 5 heteroatoms. The van der Waals surface area contributed by atoms with Crippen molar-refractivity contribution in [2.75, 3.05) is 0 Å². The van der Waals surface area contributed by atoms with Gasteiger partial charge in [-0.05, 0) is 16.9 Å². The van der Waals surface area contributed by atoms with Crippen molar-refractivity contribution in [1.82, 2.24) is 0 Å². The Morgan fingerprint density at radius 1 is 0.649 bits per heavy atom. The normalized spacial score (nSPS) is 11.1. The maximum Gasteiger partial charge on any atom is 4.00 e. The smallest absolute Gasteiger partial charge is 1.00 e. The van der Waals surface area contributed by atoms with Gasteiger partial charge in [-0.1, -0.05) is 94.6 Å². The van der Waals surface area contributed by atoms with E-state index in [1.165, 1.54) is 38.7 Å². The van der Waals surface area contributed by atoms with Crippen LogP contribution in [0.15, 0.2) is 84.9 Å². The molecule has 0 heterocycles. The average molecular weight is 704 g/mol. The number of benzene rings is 3. The molecule has 0 radical (unpaired) electrons. The fraction of sp³-hybridized carbons (Fsp3) is 0.250. The van der Waals surface area contributed by atoms with E-state index in [1.54, 1.807) is 30.3 Å². The van der Waals surface area contributed by atoms with E-state index < -0.39 is 11.6 Å². The SMILES string of the molecule is CC(C)(C)c1ccc2c(c1)[cH-]c1cc(C(C)(C)C)ccc12.Fc1cccc(-c2ccc[cH-]2)c1F.[Cl-].[Cl-].[Hf+4]. The molecule has 0 fully saturated rings. The summed E-state index contributed by atoms with van der Waals surface area (Å²) in [6, 6.07) is 27.4. The van der Waals surface area contributed by atoms with Gasteiger partial charge in [-0.2, -0.15) is 18.2 Å². The molecule has 5 aromatic rings. The van der Waals surface area contributed by atoms with Crippen molar-refractivity contribution in [1.29, 1.82) is 0 Å². The number of halogens is 4. The molecule has 0 spiro atoms. The molecule has 0 unspecified atom stereocenters. The third-order valence-corrected chi connectivity index (χ3v) is 6.36. The fourth-order valence-corrected chi connectivity index (χ4v) is 4.24. The molecule has 0 atom stereocenters. The first-order chi connectivity index (χ1) is 15.9. The maximum atomic E-state index is 13.2. The molecule has 0 nitrogen and oxygen atoms in total.